The van der Waals surface area contributed by atoms with Crippen LogP contribution in [0.5, 0.6) is 0 Å². The molecule has 0 amide bonds. The first-order valence-corrected chi connectivity index (χ1v) is 8.54. The first-order chi connectivity index (χ1) is 9.04. The van der Waals surface area contributed by atoms with Crippen molar-refractivity contribution in [2.24, 2.45) is 5.92 Å². The van der Waals surface area contributed by atoms with Crippen LogP contribution in [0.3, 0.4) is 0 Å². The average Bonchev–Trinajstić information content (AvgIpc) is 2.39. The van der Waals surface area contributed by atoms with Gasteiger partial charge in [0.1, 0.15) is 0 Å². The molecule has 0 bridgehead atoms. The SMILES string of the molecule is CCCC(C)N1CC(C2CCCCC2)NCC1(C)C. The number of nitrogens with zero attached hydrogens (tertiary/aromatic N) is 1. The van der Waals surface area contributed by atoms with Crippen molar-refractivity contribution < 1.29 is 0 Å². The van der Waals surface area contributed by atoms with Crippen molar-refractivity contribution in [2.45, 2.75) is 90.3 Å². The Balaban J connectivity index is 1.98. The molecule has 112 valence electrons. The van der Waals surface area contributed by atoms with Gasteiger partial charge in [-0.15, -0.1) is 0 Å². The number of nitrogens with one attached hydrogen (secondary N) is 1. The minimum atomic E-state index is 0.319. The Bertz CT molecular complexity index is 268. The molecular formula is C17H34N2. The molecule has 2 unspecified atom stereocenters. The fourth-order valence-corrected chi connectivity index (χ4v) is 4.21. The zero-order valence-electron chi connectivity index (χ0n) is 13.5. The molecule has 0 spiro atoms. The van der Waals surface area contributed by atoms with Crippen LogP contribution in [0.1, 0.15) is 72.6 Å². The molecule has 1 aliphatic carbocycles. The Kier molecular flexibility index (Phi) is 5.30. The van der Waals surface area contributed by atoms with E-state index in [0.29, 0.717) is 5.54 Å². The van der Waals surface area contributed by atoms with Crippen LogP contribution < -0.4 is 5.32 Å². The van der Waals surface area contributed by atoms with Gasteiger partial charge in [0.15, 0.2) is 0 Å². The Morgan fingerprint density at radius 2 is 1.89 bits per heavy atom. The molecular weight excluding hydrogens is 232 g/mol. The summed E-state index contributed by atoms with van der Waals surface area (Å²) in [7, 11) is 0. The molecule has 2 atom stereocenters. The Morgan fingerprint density at radius 1 is 1.21 bits per heavy atom. The summed E-state index contributed by atoms with van der Waals surface area (Å²) in [5.74, 6) is 0.932. The van der Waals surface area contributed by atoms with Crippen LogP contribution in [0.4, 0.5) is 0 Å². The Labute approximate surface area is 120 Å². The zero-order chi connectivity index (χ0) is 13.9. The number of hydrogen-bond acceptors (Lipinski definition) is 2. The summed E-state index contributed by atoms with van der Waals surface area (Å²) in [6, 6.07) is 1.47. The van der Waals surface area contributed by atoms with Gasteiger partial charge >= 0.3 is 0 Å². The molecule has 1 saturated heterocycles. The second-order valence-corrected chi connectivity index (χ2v) is 7.49. The third-order valence-corrected chi connectivity index (χ3v) is 5.43. The number of hydrogen-bond donors (Lipinski definition) is 1. The highest BCUT2D eigenvalue weighted by Crippen LogP contribution is 2.31. The maximum atomic E-state index is 3.86. The fraction of sp³-hybridized carbons (Fsp3) is 1.00. The molecule has 2 aliphatic rings. The van der Waals surface area contributed by atoms with Gasteiger partial charge in [-0.3, -0.25) is 4.90 Å². The van der Waals surface area contributed by atoms with Crippen molar-refractivity contribution in [3.05, 3.63) is 0 Å². The Hall–Kier alpha value is -0.0800. The van der Waals surface area contributed by atoms with Crippen LogP contribution in [0, 0.1) is 5.92 Å². The molecule has 1 heterocycles. The van der Waals surface area contributed by atoms with Crippen molar-refractivity contribution in [1.29, 1.82) is 0 Å². The van der Waals surface area contributed by atoms with Crippen LogP contribution in [0.15, 0.2) is 0 Å². The highest BCUT2D eigenvalue weighted by atomic mass is 15.3. The average molecular weight is 266 g/mol. The van der Waals surface area contributed by atoms with Crippen molar-refractivity contribution in [1.82, 2.24) is 10.2 Å². The third-order valence-electron chi connectivity index (χ3n) is 5.43. The van der Waals surface area contributed by atoms with Gasteiger partial charge in [0.2, 0.25) is 0 Å². The molecule has 1 N–H and O–H groups in total. The standard InChI is InChI=1S/C17H34N2/c1-5-9-14(2)19-12-16(18-13-17(19,3)4)15-10-7-6-8-11-15/h14-16,18H,5-13H2,1-4H3. The summed E-state index contributed by atoms with van der Waals surface area (Å²) in [6.07, 6.45) is 9.91. The van der Waals surface area contributed by atoms with Crippen LogP contribution in [-0.2, 0) is 0 Å². The summed E-state index contributed by atoms with van der Waals surface area (Å²) in [5.41, 5.74) is 0.319. The van der Waals surface area contributed by atoms with Crippen molar-refractivity contribution in [3.8, 4) is 0 Å². The number of rotatable bonds is 4. The maximum absolute atomic E-state index is 3.86. The molecule has 19 heavy (non-hydrogen) atoms. The lowest BCUT2D eigenvalue weighted by atomic mass is 9.81. The largest absolute Gasteiger partial charge is 0.311 e. The molecule has 2 fully saturated rings. The van der Waals surface area contributed by atoms with Gasteiger partial charge in [-0.25, -0.2) is 0 Å². The first-order valence-electron chi connectivity index (χ1n) is 8.54. The van der Waals surface area contributed by atoms with E-state index in [1.165, 1.54) is 51.5 Å². The summed E-state index contributed by atoms with van der Waals surface area (Å²) in [6.45, 7) is 12.0. The van der Waals surface area contributed by atoms with Crippen LogP contribution in [0.25, 0.3) is 0 Å². The van der Waals surface area contributed by atoms with Gasteiger partial charge < -0.3 is 5.32 Å². The lowest BCUT2D eigenvalue weighted by Gasteiger charge is -2.51. The minimum Gasteiger partial charge on any atom is -0.311 e. The molecule has 0 aromatic heterocycles. The van der Waals surface area contributed by atoms with E-state index in [9.17, 15) is 0 Å². The van der Waals surface area contributed by atoms with Gasteiger partial charge in [-0.05, 0) is 46.0 Å². The van der Waals surface area contributed by atoms with Gasteiger partial charge in [0, 0.05) is 30.7 Å². The molecule has 0 radical (unpaired) electrons. The number of piperazine rings is 1. The molecule has 0 aromatic rings. The molecule has 2 rings (SSSR count). The molecule has 1 aliphatic heterocycles. The molecule has 1 saturated carbocycles. The van der Waals surface area contributed by atoms with E-state index in [-0.39, 0.29) is 0 Å². The van der Waals surface area contributed by atoms with Gasteiger partial charge in [0.25, 0.3) is 0 Å². The van der Waals surface area contributed by atoms with E-state index in [1.807, 2.05) is 0 Å². The van der Waals surface area contributed by atoms with Crippen molar-refractivity contribution >= 4 is 0 Å². The quantitative estimate of drug-likeness (QED) is 0.832. The predicted octanol–water partition coefficient (Wildman–Crippen LogP) is 3.81. The van der Waals surface area contributed by atoms with E-state index in [2.05, 4.69) is 37.9 Å². The fourth-order valence-electron chi connectivity index (χ4n) is 4.21. The monoisotopic (exact) mass is 266 g/mol. The van der Waals surface area contributed by atoms with Crippen molar-refractivity contribution in [3.63, 3.8) is 0 Å². The van der Waals surface area contributed by atoms with Crippen molar-refractivity contribution in [2.75, 3.05) is 13.1 Å². The molecule has 2 heteroatoms. The second kappa shape index (κ2) is 6.58. The first kappa shape index (κ1) is 15.3. The Morgan fingerprint density at radius 3 is 2.53 bits per heavy atom. The van der Waals surface area contributed by atoms with Crippen LogP contribution >= 0.6 is 0 Å². The predicted molar refractivity (Wildman–Crippen MR) is 83.5 cm³/mol. The van der Waals surface area contributed by atoms with E-state index in [1.54, 1.807) is 0 Å². The molecule has 0 aromatic carbocycles. The van der Waals surface area contributed by atoms with Gasteiger partial charge in [0.05, 0.1) is 0 Å². The third kappa shape index (κ3) is 3.72. The minimum absolute atomic E-state index is 0.319. The topological polar surface area (TPSA) is 15.3 Å². The van der Waals surface area contributed by atoms with Crippen LogP contribution in [0.2, 0.25) is 0 Å². The highest BCUT2D eigenvalue weighted by molar-refractivity contribution is 4.97. The summed E-state index contributed by atoms with van der Waals surface area (Å²) in [5, 5.41) is 3.86. The molecule has 2 nitrogen and oxygen atoms in total. The smallest absolute Gasteiger partial charge is 0.0281 e. The zero-order valence-corrected chi connectivity index (χ0v) is 13.5. The summed E-state index contributed by atoms with van der Waals surface area (Å²) >= 11 is 0. The second-order valence-electron chi connectivity index (χ2n) is 7.49. The van der Waals surface area contributed by atoms with Gasteiger partial charge in [-0.2, -0.15) is 0 Å². The summed E-state index contributed by atoms with van der Waals surface area (Å²) in [4.78, 5) is 2.78. The summed E-state index contributed by atoms with van der Waals surface area (Å²) < 4.78 is 0. The maximum Gasteiger partial charge on any atom is 0.0281 e. The van der Waals surface area contributed by atoms with E-state index in [0.717, 1.165) is 24.5 Å². The van der Waals surface area contributed by atoms with Crippen LogP contribution in [-0.4, -0.2) is 35.6 Å². The lowest BCUT2D eigenvalue weighted by Crippen LogP contribution is -2.65. The lowest BCUT2D eigenvalue weighted by molar-refractivity contribution is 0.0113. The van der Waals surface area contributed by atoms with Gasteiger partial charge in [-0.1, -0.05) is 32.6 Å². The highest BCUT2D eigenvalue weighted by Gasteiger charge is 2.38. The van der Waals surface area contributed by atoms with E-state index >= 15 is 0 Å². The normalized spacial score (nSPS) is 31.3. The van der Waals surface area contributed by atoms with E-state index < -0.39 is 0 Å². The van der Waals surface area contributed by atoms with E-state index in [4.69, 9.17) is 0 Å².